The van der Waals surface area contributed by atoms with Gasteiger partial charge in [0.25, 0.3) is 0 Å². The maximum absolute atomic E-state index is 5.87. The summed E-state index contributed by atoms with van der Waals surface area (Å²) in [6, 6.07) is 7.89. The molecule has 90 valence electrons. The quantitative estimate of drug-likeness (QED) is 0.663. The summed E-state index contributed by atoms with van der Waals surface area (Å²) >= 11 is 5.87. The number of nitrogens with zero attached hydrogens (tertiary/aromatic N) is 4. The van der Waals surface area contributed by atoms with E-state index in [0.29, 0.717) is 5.15 Å². The predicted octanol–water partition coefficient (Wildman–Crippen LogP) is 3.17. The van der Waals surface area contributed by atoms with Gasteiger partial charge in [0.1, 0.15) is 11.5 Å². The van der Waals surface area contributed by atoms with E-state index in [0.717, 1.165) is 28.7 Å². The van der Waals surface area contributed by atoms with Crippen LogP contribution in [-0.2, 0) is 6.54 Å². The van der Waals surface area contributed by atoms with Crippen LogP contribution in [0.1, 0.15) is 6.92 Å². The zero-order chi connectivity index (χ0) is 12.5. The minimum Gasteiger partial charge on any atom is -0.265 e. The summed E-state index contributed by atoms with van der Waals surface area (Å²) in [4.78, 5) is 8.10. The van der Waals surface area contributed by atoms with Crippen molar-refractivity contribution in [1.29, 1.82) is 0 Å². The van der Waals surface area contributed by atoms with Crippen molar-refractivity contribution in [2.75, 3.05) is 0 Å². The predicted molar refractivity (Wildman–Crippen MR) is 71.4 cm³/mol. The van der Waals surface area contributed by atoms with Crippen LogP contribution in [0.5, 0.6) is 0 Å². The lowest BCUT2D eigenvalue weighted by Gasteiger charge is -2.02. The van der Waals surface area contributed by atoms with Crippen molar-refractivity contribution in [2.45, 2.75) is 13.5 Å². The highest BCUT2D eigenvalue weighted by Crippen LogP contribution is 2.23. The van der Waals surface area contributed by atoms with Crippen LogP contribution in [0.15, 0.2) is 36.8 Å². The number of aromatic nitrogens is 4. The Morgan fingerprint density at radius 2 is 2.11 bits per heavy atom. The number of rotatable bonds is 2. The van der Waals surface area contributed by atoms with E-state index in [9.17, 15) is 0 Å². The first-order chi connectivity index (χ1) is 8.78. The van der Waals surface area contributed by atoms with Crippen molar-refractivity contribution >= 4 is 22.5 Å². The van der Waals surface area contributed by atoms with Gasteiger partial charge in [0.05, 0.1) is 17.4 Å². The first kappa shape index (κ1) is 11.2. The monoisotopic (exact) mass is 258 g/mol. The van der Waals surface area contributed by atoms with Crippen molar-refractivity contribution in [1.82, 2.24) is 19.7 Å². The molecule has 3 rings (SSSR count). The largest absolute Gasteiger partial charge is 0.265 e. The molecule has 0 amide bonds. The van der Waals surface area contributed by atoms with Crippen LogP contribution in [0, 0.1) is 0 Å². The van der Waals surface area contributed by atoms with E-state index >= 15 is 0 Å². The molecule has 0 aliphatic heterocycles. The second-order valence-electron chi connectivity index (χ2n) is 3.96. The van der Waals surface area contributed by atoms with Crippen LogP contribution >= 0.6 is 11.6 Å². The topological polar surface area (TPSA) is 43.6 Å². The number of halogens is 1. The molecule has 2 heterocycles. The van der Waals surface area contributed by atoms with Crippen molar-refractivity contribution in [3.8, 4) is 11.3 Å². The van der Waals surface area contributed by atoms with E-state index in [1.807, 2.05) is 16.9 Å². The third kappa shape index (κ3) is 1.84. The third-order valence-corrected chi connectivity index (χ3v) is 3.08. The number of hydrogen-bond donors (Lipinski definition) is 0. The molecule has 0 fully saturated rings. The molecule has 3 aromatic rings. The summed E-state index contributed by atoms with van der Waals surface area (Å²) < 4.78 is 1.96. The van der Waals surface area contributed by atoms with E-state index in [2.05, 4.69) is 34.1 Å². The van der Waals surface area contributed by atoms with Gasteiger partial charge in [0, 0.05) is 23.6 Å². The molecule has 18 heavy (non-hydrogen) atoms. The average molecular weight is 259 g/mol. The van der Waals surface area contributed by atoms with Gasteiger partial charge in [-0.25, -0.2) is 9.97 Å². The van der Waals surface area contributed by atoms with Crippen LogP contribution in [-0.4, -0.2) is 19.7 Å². The Balaban J connectivity index is 2.14. The maximum Gasteiger partial charge on any atom is 0.133 e. The SMILES string of the molecule is CCn1ncc2cc(-c3cc(Cl)ncn3)ccc21. The fourth-order valence-electron chi connectivity index (χ4n) is 1.99. The van der Waals surface area contributed by atoms with E-state index < -0.39 is 0 Å². The Bertz CT molecular complexity index is 705. The van der Waals surface area contributed by atoms with Crippen LogP contribution in [0.4, 0.5) is 0 Å². The van der Waals surface area contributed by atoms with Gasteiger partial charge in [-0.2, -0.15) is 5.10 Å². The molecule has 0 saturated carbocycles. The molecule has 4 nitrogen and oxygen atoms in total. The summed E-state index contributed by atoms with van der Waals surface area (Å²) in [5.41, 5.74) is 2.96. The zero-order valence-electron chi connectivity index (χ0n) is 9.84. The summed E-state index contributed by atoms with van der Waals surface area (Å²) in [5, 5.41) is 5.87. The standard InChI is InChI=1S/C13H11ClN4/c1-2-18-12-4-3-9(5-10(12)7-17-18)11-6-13(14)16-8-15-11/h3-8H,2H2,1H3. The highest BCUT2D eigenvalue weighted by molar-refractivity contribution is 6.29. The number of aryl methyl sites for hydroxylation is 1. The van der Waals surface area contributed by atoms with Crippen molar-refractivity contribution < 1.29 is 0 Å². The zero-order valence-corrected chi connectivity index (χ0v) is 10.6. The summed E-state index contributed by atoms with van der Waals surface area (Å²) in [6.45, 7) is 2.94. The van der Waals surface area contributed by atoms with Gasteiger partial charge in [-0.3, -0.25) is 4.68 Å². The molecule has 0 spiro atoms. The van der Waals surface area contributed by atoms with Gasteiger partial charge < -0.3 is 0 Å². The average Bonchev–Trinajstić information content (AvgIpc) is 2.80. The second kappa shape index (κ2) is 4.38. The normalized spacial score (nSPS) is 11.0. The fourth-order valence-corrected chi connectivity index (χ4v) is 2.14. The Hall–Kier alpha value is -1.94. The summed E-state index contributed by atoms with van der Waals surface area (Å²) in [7, 11) is 0. The molecule has 0 atom stereocenters. The molecule has 2 aromatic heterocycles. The van der Waals surface area contributed by atoms with Gasteiger partial charge in [-0.15, -0.1) is 0 Å². The Kier molecular flexibility index (Phi) is 2.72. The lowest BCUT2D eigenvalue weighted by atomic mass is 10.1. The molecule has 0 radical (unpaired) electrons. The van der Waals surface area contributed by atoms with Crippen LogP contribution in [0.25, 0.3) is 22.2 Å². The molecule has 0 aliphatic carbocycles. The highest BCUT2D eigenvalue weighted by Gasteiger charge is 2.05. The van der Waals surface area contributed by atoms with Gasteiger partial charge in [0.15, 0.2) is 0 Å². The first-order valence-electron chi connectivity index (χ1n) is 5.71. The van der Waals surface area contributed by atoms with E-state index in [4.69, 9.17) is 11.6 Å². The molecule has 0 N–H and O–H groups in total. The van der Waals surface area contributed by atoms with E-state index in [1.54, 1.807) is 6.07 Å². The highest BCUT2D eigenvalue weighted by atomic mass is 35.5. The van der Waals surface area contributed by atoms with Gasteiger partial charge in [-0.05, 0) is 19.1 Å². The van der Waals surface area contributed by atoms with Crippen LogP contribution in [0.3, 0.4) is 0 Å². The van der Waals surface area contributed by atoms with Crippen LogP contribution in [0.2, 0.25) is 5.15 Å². The number of fused-ring (bicyclic) bond motifs is 1. The molecule has 0 bridgehead atoms. The Labute approximate surface area is 109 Å². The minimum absolute atomic E-state index is 0.448. The molecule has 0 unspecified atom stereocenters. The molecule has 5 heteroatoms. The smallest absolute Gasteiger partial charge is 0.133 e. The van der Waals surface area contributed by atoms with E-state index in [1.165, 1.54) is 6.33 Å². The third-order valence-electron chi connectivity index (χ3n) is 2.87. The van der Waals surface area contributed by atoms with Gasteiger partial charge >= 0.3 is 0 Å². The minimum atomic E-state index is 0.448. The fraction of sp³-hybridized carbons (Fsp3) is 0.154. The number of hydrogen-bond acceptors (Lipinski definition) is 3. The second-order valence-corrected chi connectivity index (χ2v) is 4.35. The van der Waals surface area contributed by atoms with Gasteiger partial charge in [-0.1, -0.05) is 17.7 Å². The molecular formula is C13H11ClN4. The molecular weight excluding hydrogens is 248 g/mol. The molecule has 1 aromatic carbocycles. The first-order valence-corrected chi connectivity index (χ1v) is 6.09. The maximum atomic E-state index is 5.87. The summed E-state index contributed by atoms with van der Waals surface area (Å²) in [5.74, 6) is 0. The van der Waals surface area contributed by atoms with Crippen molar-refractivity contribution in [2.24, 2.45) is 0 Å². The summed E-state index contributed by atoms with van der Waals surface area (Å²) in [6.07, 6.45) is 3.34. The number of benzene rings is 1. The Morgan fingerprint density at radius 3 is 2.89 bits per heavy atom. The Morgan fingerprint density at radius 1 is 1.22 bits per heavy atom. The van der Waals surface area contributed by atoms with Crippen molar-refractivity contribution in [3.05, 3.63) is 41.9 Å². The molecule has 0 aliphatic rings. The lowest BCUT2D eigenvalue weighted by Crippen LogP contribution is -1.94. The van der Waals surface area contributed by atoms with Gasteiger partial charge in [0.2, 0.25) is 0 Å². The van der Waals surface area contributed by atoms with Crippen molar-refractivity contribution in [3.63, 3.8) is 0 Å². The van der Waals surface area contributed by atoms with E-state index in [-0.39, 0.29) is 0 Å². The lowest BCUT2D eigenvalue weighted by molar-refractivity contribution is 0.684. The molecule has 0 saturated heterocycles. The van der Waals surface area contributed by atoms with Crippen LogP contribution < -0.4 is 0 Å².